The van der Waals surface area contributed by atoms with Crippen LogP contribution in [0.2, 0.25) is 0 Å². The Morgan fingerprint density at radius 2 is 2.29 bits per heavy atom. The fourth-order valence-electron chi connectivity index (χ4n) is 2.02. The monoisotopic (exact) mass is 258 g/mol. The zero-order valence-electron chi connectivity index (χ0n) is 9.90. The molecule has 0 spiro atoms. The number of carbonyl (C=O) groups is 1. The van der Waals surface area contributed by atoms with E-state index in [0.717, 1.165) is 37.5 Å². The highest BCUT2D eigenvalue weighted by Gasteiger charge is 2.25. The van der Waals surface area contributed by atoms with Crippen LogP contribution in [0.15, 0.2) is 10.7 Å². The number of piperidine rings is 1. The number of likely N-dealkylation sites (tertiary alicyclic amines) is 1. The van der Waals surface area contributed by atoms with Crippen molar-refractivity contribution in [2.75, 3.05) is 13.1 Å². The van der Waals surface area contributed by atoms with Crippen LogP contribution in [0.3, 0.4) is 0 Å². The fourth-order valence-corrected chi connectivity index (χ4v) is 2.02. The third kappa shape index (κ3) is 3.81. The Hall–Kier alpha value is -0.890. The van der Waals surface area contributed by atoms with Crippen molar-refractivity contribution in [2.24, 2.45) is 0 Å². The minimum Gasteiger partial charge on any atom is -0.448 e. The lowest BCUT2D eigenvalue weighted by molar-refractivity contribution is -0.130. The summed E-state index contributed by atoms with van der Waals surface area (Å²) in [4.78, 5) is 17.4. The van der Waals surface area contributed by atoms with Crippen LogP contribution in [0, 0.1) is 6.92 Å². The molecule has 0 N–H and O–H groups in total. The molecule has 2 rings (SSSR count). The maximum Gasteiger partial charge on any atom is 0.219 e. The first-order chi connectivity index (χ1) is 7.16. The summed E-state index contributed by atoms with van der Waals surface area (Å²) in [6.45, 7) is 5.14. The van der Waals surface area contributed by atoms with E-state index in [-0.39, 0.29) is 29.2 Å². The molecule has 1 amide bonds. The van der Waals surface area contributed by atoms with E-state index in [9.17, 15) is 4.79 Å². The van der Waals surface area contributed by atoms with Gasteiger partial charge in [0, 0.05) is 20.0 Å². The van der Waals surface area contributed by atoms with E-state index in [1.54, 1.807) is 13.2 Å². The summed E-state index contributed by atoms with van der Waals surface area (Å²) in [5, 5.41) is 0. The van der Waals surface area contributed by atoms with E-state index in [1.807, 2.05) is 11.8 Å². The molecule has 0 bridgehead atoms. The number of oxazole rings is 1. The minimum atomic E-state index is 0. The number of hydrogen-bond donors (Lipinski definition) is 0. The zero-order valence-corrected chi connectivity index (χ0v) is 11.3. The van der Waals surface area contributed by atoms with Crippen molar-refractivity contribution in [1.82, 2.24) is 9.88 Å². The normalized spacial score (nSPS) is 19.2. The molecule has 17 heavy (non-hydrogen) atoms. The fraction of sp³-hybridized carbons (Fsp3) is 0.667. The van der Waals surface area contributed by atoms with Gasteiger partial charge in [0.15, 0.2) is 5.89 Å². The van der Waals surface area contributed by atoms with Crippen LogP contribution >= 0.6 is 9.90 Å². The Kier molecular flexibility index (Phi) is 6.40. The van der Waals surface area contributed by atoms with Gasteiger partial charge in [-0.05, 0) is 19.8 Å². The molecule has 1 aromatic rings. The SMILES string of the molecule is C.CC(=O)N1CCCC(c2nc(C)co2)C1.P. The van der Waals surface area contributed by atoms with Crippen molar-refractivity contribution in [3.8, 4) is 0 Å². The highest BCUT2D eigenvalue weighted by molar-refractivity contribution is 6.92. The van der Waals surface area contributed by atoms with Gasteiger partial charge in [-0.3, -0.25) is 4.79 Å². The van der Waals surface area contributed by atoms with Crippen LogP contribution in [-0.2, 0) is 4.79 Å². The number of aryl methyl sites for hydroxylation is 1. The summed E-state index contributed by atoms with van der Waals surface area (Å²) in [6.07, 6.45) is 3.76. The second-order valence-corrected chi connectivity index (χ2v) is 4.13. The third-order valence-corrected chi connectivity index (χ3v) is 2.85. The molecule has 0 saturated carbocycles. The minimum absolute atomic E-state index is 0. The Bertz CT molecular complexity index is 365. The van der Waals surface area contributed by atoms with Gasteiger partial charge < -0.3 is 9.32 Å². The number of carbonyl (C=O) groups excluding carboxylic acids is 1. The van der Waals surface area contributed by atoms with E-state index < -0.39 is 0 Å². The molecule has 98 valence electrons. The van der Waals surface area contributed by atoms with E-state index in [4.69, 9.17) is 4.42 Å². The molecule has 4 nitrogen and oxygen atoms in total. The van der Waals surface area contributed by atoms with Gasteiger partial charge in [0.1, 0.15) is 6.26 Å². The van der Waals surface area contributed by atoms with Crippen LogP contribution in [0.25, 0.3) is 0 Å². The molecule has 0 aromatic carbocycles. The summed E-state index contributed by atoms with van der Waals surface area (Å²) in [5.74, 6) is 1.19. The smallest absolute Gasteiger partial charge is 0.219 e. The molecule has 2 atom stereocenters. The Balaban J connectivity index is 0.00000128. The third-order valence-electron chi connectivity index (χ3n) is 2.85. The van der Waals surface area contributed by atoms with E-state index in [1.165, 1.54) is 0 Å². The van der Waals surface area contributed by atoms with Crippen LogP contribution in [0.1, 0.15) is 44.7 Å². The first-order valence-corrected chi connectivity index (χ1v) is 5.34. The lowest BCUT2D eigenvalue weighted by Crippen LogP contribution is -2.37. The van der Waals surface area contributed by atoms with E-state index in [2.05, 4.69) is 4.98 Å². The average molecular weight is 258 g/mol. The number of rotatable bonds is 1. The maximum absolute atomic E-state index is 11.3. The molecule has 2 heterocycles. The predicted molar refractivity (Wildman–Crippen MR) is 73.3 cm³/mol. The molecule has 0 radical (unpaired) electrons. The summed E-state index contributed by atoms with van der Waals surface area (Å²) >= 11 is 0. The summed E-state index contributed by atoms with van der Waals surface area (Å²) in [5.41, 5.74) is 0.907. The Morgan fingerprint density at radius 3 is 2.82 bits per heavy atom. The number of hydrogen-bond acceptors (Lipinski definition) is 3. The average Bonchev–Trinajstić information content (AvgIpc) is 2.65. The highest BCUT2D eigenvalue weighted by atomic mass is 31.0. The number of nitrogens with zero attached hydrogens (tertiary/aromatic N) is 2. The molecule has 5 heteroatoms. The molecule has 1 fully saturated rings. The van der Waals surface area contributed by atoms with Crippen molar-refractivity contribution in [1.29, 1.82) is 0 Å². The predicted octanol–water partition coefficient (Wildman–Crippen LogP) is 2.40. The molecule has 0 aliphatic carbocycles. The zero-order chi connectivity index (χ0) is 10.8. The van der Waals surface area contributed by atoms with Gasteiger partial charge >= 0.3 is 0 Å². The molecule has 1 aliphatic rings. The van der Waals surface area contributed by atoms with Crippen molar-refractivity contribution < 1.29 is 9.21 Å². The summed E-state index contributed by atoms with van der Waals surface area (Å²) in [7, 11) is 0. The summed E-state index contributed by atoms with van der Waals surface area (Å²) < 4.78 is 5.38. The molecular formula is C12H23N2O2P. The molecule has 1 aromatic heterocycles. The summed E-state index contributed by atoms with van der Waals surface area (Å²) in [6, 6.07) is 0. The van der Waals surface area contributed by atoms with Crippen molar-refractivity contribution in [3.05, 3.63) is 17.8 Å². The van der Waals surface area contributed by atoms with E-state index >= 15 is 0 Å². The van der Waals surface area contributed by atoms with Crippen molar-refractivity contribution in [3.63, 3.8) is 0 Å². The van der Waals surface area contributed by atoms with Gasteiger partial charge in [-0.15, -0.1) is 0 Å². The van der Waals surface area contributed by atoms with Gasteiger partial charge in [-0.2, -0.15) is 9.90 Å². The lowest BCUT2D eigenvalue weighted by atomic mass is 9.98. The second kappa shape index (κ2) is 6.75. The van der Waals surface area contributed by atoms with Gasteiger partial charge in [-0.1, -0.05) is 7.43 Å². The van der Waals surface area contributed by atoms with Gasteiger partial charge in [-0.25, -0.2) is 4.98 Å². The van der Waals surface area contributed by atoms with Crippen LogP contribution in [0.5, 0.6) is 0 Å². The second-order valence-electron chi connectivity index (χ2n) is 4.13. The van der Waals surface area contributed by atoms with Crippen LogP contribution in [-0.4, -0.2) is 28.9 Å². The Morgan fingerprint density at radius 1 is 1.59 bits per heavy atom. The van der Waals surface area contributed by atoms with Gasteiger partial charge in [0.25, 0.3) is 0 Å². The topological polar surface area (TPSA) is 46.3 Å². The van der Waals surface area contributed by atoms with Crippen molar-refractivity contribution >= 4 is 15.8 Å². The first kappa shape index (κ1) is 16.1. The maximum atomic E-state index is 11.3. The molecular weight excluding hydrogens is 235 g/mol. The van der Waals surface area contributed by atoms with E-state index in [0.29, 0.717) is 0 Å². The van der Waals surface area contributed by atoms with Gasteiger partial charge in [0.05, 0.1) is 11.6 Å². The largest absolute Gasteiger partial charge is 0.448 e. The molecule has 2 unspecified atom stereocenters. The molecule has 1 aliphatic heterocycles. The van der Waals surface area contributed by atoms with Crippen molar-refractivity contribution in [2.45, 2.75) is 40.0 Å². The van der Waals surface area contributed by atoms with Crippen LogP contribution < -0.4 is 0 Å². The Labute approximate surface area is 106 Å². The highest BCUT2D eigenvalue weighted by Crippen LogP contribution is 2.26. The lowest BCUT2D eigenvalue weighted by Gasteiger charge is -2.30. The van der Waals surface area contributed by atoms with Gasteiger partial charge in [0.2, 0.25) is 5.91 Å². The number of aromatic nitrogens is 1. The standard InChI is InChI=1S/C11H16N2O2.CH4.H3P/c1-8-7-15-11(12-8)10-4-3-5-13(6-10)9(2)14;;/h7,10H,3-6H2,1-2H3;1H4;1H3. The number of amides is 1. The van der Waals surface area contributed by atoms with Crippen LogP contribution in [0.4, 0.5) is 0 Å². The quantitative estimate of drug-likeness (QED) is 0.727. The first-order valence-electron chi connectivity index (χ1n) is 5.34. The molecule has 1 saturated heterocycles.